The van der Waals surface area contributed by atoms with Gasteiger partial charge in [0.15, 0.2) is 0 Å². The highest BCUT2D eigenvalue weighted by Crippen LogP contribution is 2.23. The maximum absolute atomic E-state index is 9.27. The van der Waals surface area contributed by atoms with Crippen LogP contribution in [0.5, 0.6) is 0 Å². The second-order valence-corrected chi connectivity index (χ2v) is 12.0. The lowest BCUT2D eigenvalue weighted by atomic mass is 9.90. The minimum absolute atomic E-state index is 0.371. The van der Waals surface area contributed by atoms with Gasteiger partial charge in [0.1, 0.15) is 0 Å². The molecule has 0 aromatic heterocycles. The highest BCUT2D eigenvalue weighted by molar-refractivity contribution is 4.81. The Balaban J connectivity index is 0.00000423. The highest BCUT2D eigenvalue weighted by atomic mass is 16.6. The minimum atomic E-state index is 0.371. The fourth-order valence-corrected chi connectivity index (χ4v) is 5.41. The van der Waals surface area contributed by atoms with Crippen molar-refractivity contribution in [2.45, 2.75) is 194 Å². The van der Waals surface area contributed by atoms with Gasteiger partial charge in [-0.1, -0.05) is 167 Å². The lowest BCUT2D eigenvalue weighted by Crippen LogP contribution is -2.02. The first-order chi connectivity index (χ1) is 18.8. The van der Waals surface area contributed by atoms with Gasteiger partial charge in [0.2, 0.25) is 0 Å². The number of epoxide rings is 1. The fraction of sp³-hybridized carbons (Fsp3) is 0.944. The quantitative estimate of drug-likeness (QED) is 0.0562. The normalized spacial score (nSPS) is 13.6. The number of hydrogen-bond acceptors (Lipinski definition) is 2. The van der Waals surface area contributed by atoms with Crippen molar-refractivity contribution in [3.05, 3.63) is 12.2 Å². The Kier molecular flexibility index (Phi) is 34.4. The molecule has 1 heterocycles. The van der Waals surface area contributed by atoms with Crippen LogP contribution in [0.3, 0.4) is 0 Å². The van der Waals surface area contributed by atoms with Gasteiger partial charge in [-0.2, -0.15) is 0 Å². The molecular weight excluding hydrogens is 464 g/mol. The second-order valence-electron chi connectivity index (χ2n) is 12.0. The third-order valence-electron chi connectivity index (χ3n) is 8.06. The van der Waals surface area contributed by atoms with Crippen molar-refractivity contribution < 1.29 is 9.84 Å². The van der Waals surface area contributed by atoms with Crippen molar-refractivity contribution in [1.82, 2.24) is 0 Å². The van der Waals surface area contributed by atoms with Crippen molar-refractivity contribution in [2.24, 2.45) is 5.92 Å². The molecular formula is C36H72O2. The Hall–Kier alpha value is -0.340. The summed E-state index contributed by atoms with van der Waals surface area (Å²) >= 11 is 0. The van der Waals surface area contributed by atoms with Crippen LogP contribution in [0.4, 0.5) is 0 Å². The highest BCUT2D eigenvalue weighted by Gasteiger charge is 2.08. The van der Waals surface area contributed by atoms with Gasteiger partial charge in [0.25, 0.3) is 0 Å². The molecule has 0 aliphatic carbocycles. The average Bonchev–Trinajstić information content (AvgIpc) is 3.82. The predicted octanol–water partition coefficient (Wildman–Crippen LogP) is 12.1. The molecule has 0 spiro atoms. The van der Waals surface area contributed by atoms with Crippen LogP contribution in [-0.4, -0.2) is 24.9 Å². The first kappa shape index (κ1) is 37.7. The van der Waals surface area contributed by atoms with E-state index >= 15 is 0 Å². The molecule has 38 heavy (non-hydrogen) atoms. The van der Waals surface area contributed by atoms with Gasteiger partial charge in [0, 0.05) is 6.61 Å². The molecule has 1 atom stereocenters. The zero-order valence-corrected chi connectivity index (χ0v) is 26.5. The van der Waals surface area contributed by atoms with Gasteiger partial charge in [-0.05, 0) is 44.4 Å². The van der Waals surface area contributed by atoms with Crippen LogP contribution in [0, 0.1) is 5.92 Å². The molecule has 0 bridgehead atoms. The summed E-state index contributed by atoms with van der Waals surface area (Å²) in [4.78, 5) is 0. The van der Waals surface area contributed by atoms with Gasteiger partial charge in [-0.25, -0.2) is 0 Å². The van der Waals surface area contributed by atoms with Crippen molar-refractivity contribution in [3.63, 3.8) is 0 Å². The molecule has 1 unspecified atom stereocenters. The van der Waals surface area contributed by atoms with Crippen molar-refractivity contribution in [3.8, 4) is 0 Å². The lowest BCUT2D eigenvalue weighted by Gasteiger charge is -2.16. The summed E-state index contributed by atoms with van der Waals surface area (Å²) in [5, 5.41) is 9.27. The molecule has 0 aromatic rings. The average molecular weight is 537 g/mol. The van der Waals surface area contributed by atoms with Gasteiger partial charge in [0.05, 0.1) is 13.2 Å². The fourth-order valence-electron chi connectivity index (χ4n) is 5.41. The van der Waals surface area contributed by atoms with Crippen LogP contribution in [0.2, 0.25) is 0 Å². The van der Waals surface area contributed by atoms with Crippen molar-refractivity contribution in [1.29, 1.82) is 0 Å². The van der Waals surface area contributed by atoms with E-state index in [9.17, 15) is 5.11 Å². The monoisotopic (exact) mass is 537 g/mol. The molecule has 0 radical (unpaired) electrons. The van der Waals surface area contributed by atoms with Crippen LogP contribution < -0.4 is 0 Å². The Morgan fingerprint density at radius 3 is 1.18 bits per heavy atom. The van der Waals surface area contributed by atoms with E-state index in [1.807, 2.05) is 0 Å². The number of ether oxygens (including phenoxy) is 1. The maximum atomic E-state index is 9.27. The molecule has 0 saturated carbocycles. The van der Waals surface area contributed by atoms with Crippen LogP contribution in [0.25, 0.3) is 0 Å². The summed E-state index contributed by atoms with van der Waals surface area (Å²) in [7, 11) is 0. The number of aliphatic hydroxyl groups is 1. The number of aliphatic hydroxyl groups excluding tert-OH is 1. The third kappa shape index (κ3) is 35.7. The molecule has 1 aliphatic heterocycles. The standard InChI is InChI=1S/C34H68O.C2H4O/c1-3-5-7-9-11-13-15-17-18-20-22-24-26-28-31-34(32-29-33-35)30-27-25-23-21-19-16-14-12-10-8-6-4-2;1-2-3-1/h19,21,34-35H,3-18,20,22-33H2,1-2H3;1-2H2/b21-19-;. The zero-order valence-electron chi connectivity index (χ0n) is 26.5. The Bertz CT molecular complexity index is 428. The van der Waals surface area contributed by atoms with Crippen molar-refractivity contribution >= 4 is 0 Å². The molecule has 1 aliphatic rings. The summed E-state index contributed by atoms with van der Waals surface area (Å²) in [6, 6.07) is 0. The first-order valence-electron chi connectivity index (χ1n) is 17.7. The molecule has 0 amide bonds. The van der Waals surface area contributed by atoms with Crippen LogP contribution >= 0.6 is 0 Å². The second kappa shape index (κ2) is 34.7. The van der Waals surface area contributed by atoms with Crippen molar-refractivity contribution in [2.75, 3.05) is 19.8 Å². The lowest BCUT2D eigenvalue weighted by molar-refractivity contribution is 0.262. The summed E-state index contributed by atoms with van der Waals surface area (Å²) in [6.07, 6.45) is 43.7. The third-order valence-corrected chi connectivity index (χ3v) is 8.06. The molecule has 1 N–H and O–H groups in total. The maximum Gasteiger partial charge on any atom is 0.0701 e. The molecule has 1 fully saturated rings. The van der Waals surface area contributed by atoms with E-state index < -0.39 is 0 Å². The summed E-state index contributed by atoms with van der Waals surface area (Å²) in [6.45, 7) is 6.96. The van der Waals surface area contributed by atoms with Crippen LogP contribution in [0.15, 0.2) is 12.2 Å². The molecule has 0 aromatic carbocycles. The SMILES string of the molecule is C1CO1.CCCCCCCC/C=C\CCCCC(CCCO)CCCCCCCCCCCCCCCC. The number of allylic oxidation sites excluding steroid dienone is 2. The van der Waals surface area contributed by atoms with Gasteiger partial charge >= 0.3 is 0 Å². The molecule has 1 rings (SSSR count). The topological polar surface area (TPSA) is 32.8 Å². The Morgan fingerprint density at radius 1 is 0.474 bits per heavy atom. The van der Waals surface area contributed by atoms with E-state index in [2.05, 4.69) is 30.7 Å². The molecule has 1 saturated heterocycles. The largest absolute Gasteiger partial charge is 0.396 e. The van der Waals surface area contributed by atoms with Crippen LogP contribution in [0.1, 0.15) is 194 Å². The zero-order chi connectivity index (χ0) is 27.6. The summed E-state index contributed by atoms with van der Waals surface area (Å²) < 4.78 is 4.50. The van der Waals surface area contributed by atoms with E-state index in [1.165, 1.54) is 173 Å². The van der Waals surface area contributed by atoms with E-state index in [0.717, 1.165) is 25.6 Å². The Labute approximate surface area is 241 Å². The van der Waals surface area contributed by atoms with Gasteiger partial charge < -0.3 is 9.84 Å². The van der Waals surface area contributed by atoms with E-state index in [1.54, 1.807) is 0 Å². The van der Waals surface area contributed by atoms with E-state index in [-0.39, 0.29) is 0 Å². The summed E-state index contributed by atoms with van der Waals surface area (Å²) in [5.74, 6) is 0.853. The first-order valence-corrected chi connectivity index (χ1v) is 17.7. The smallest absolute Gasteiger partial charge is 0.0701 e. The summed E-state index contributed by atoms with van der Waals surface area (Å²) in [5.41, 5.74) is 0. The minimum Gasteiger partial charge on any atom is -0.396 e. The van der Waals surface area contributed by atoms with Gasteiger partial charge in [-0.15, -0.1) is 0 Å². The Morgan fingerprint density at radius 2 is 0.789 bits per heavy atom. The number of rotatable bonds is 30. The molecule has 2 heteroatoms. The predicted molar refractivity (Wildman–Crippen MR) is 171 cm³/mol. The van der Waals surface area contributed by atoms with Gasteiger partial charge in [-0.3, -0.25) is 0 Å². The van der Waals surface area contributed by atoms with E-state index in [4.69, 9.17) is 0 Å². The number of hydrogen-bond donors (Lipinski definition) is 1. The molecule has 2 nitrogen and oxygen atoms in total. The van der Waals surface area contributed by atoms with Crippen LogP contribution in [-0.2, 0) is 4.74 Å². The number of unbranched alkanes of at least 4 members (excludes halogenated alkanes) is 21. The molecule has 228 valence electrons. The van der Waals surface area contributed by atoms with E-state index in [0.29, 0.717) is 6.61 Å².